The van der Waals surface area contributed by atoms with Crippen LogP contribution in [0.25, 0.3) is 11.3 Å². The highest BCUT2D eigenvalue weighted by Gasteiger charge is 2.46. The third-order valence-corrected chi connectivity index (χ3v) is 6.04. The molecule has 7 nitrogen and oxygen atoms in total. The Kier molecular flexibility index (Phi) is 4.41. The van der Waals surface area contributed by atoms with Crippen LogP contribution in [-0.2, 0) is 10.2 Å². The number of nitrogens with zero attached hydrogens (tertiary/aromatic N) is 1. The van der Waals surface area contributed by atoms with Gasteiger partial charge in [0.25, 0.3) is 5.91 Å². The smallest absolute Gasteiger partial charge is 0.255 e. The van der Waals surface area contributed by atoms with Gasteiger partial charge in [0, 0.05) is 30.6 Å². The number of rotatable bonds is 3. The molecule has 0 aliphatic carbocycles. The van der Waals surface area contributed by atoms with Gasteiger partial charge in [0.2, 0.25) is 0 Å². The van der Waals surface area contributed by atoms with Crippen molar-refractivity contribution in [1.29, 1.82) is 0 Å². The van der Waals surface area contributed by atoms with Gasteiger partial charge in [0.15, 0.2) is 11.6 Å². The summed E-state index contributed by atoms with van der Waals surface area (Å²) in [7, 11) is 0. The van der Waals surface area contributed by atoms with Gasteiger partial charge < -0.3 is 25.5 Å². The maximum Gasteiger partial charge on any atom is 0.255 e. The summed E-state index contributed by atoms with van der Waals surface area (Å²) in [5.74, 6) is -0.986. The SMILES string of the molecule is O=C1NC[C@]2(CCOC2)c2[nH]c(-c3ccncc3F)c(Nc3cccc(Cl)c3O)c21. The molecule has 1 amide bonds. The highest BCUT2D eigenvalue weighted by atomic mass is 35.5. The summed E-state index contributed by atoms with van der Waals surface area (Å²) in [5.41, 5.74) is 1.95. The number of halogens is 2. The number of aromatic nitrogens is 2. The molecule has 1 fully saturated rings. The highest BCUT2D eigenvalue weighted by Crippen LogP contribution is 2.46. The Labute approximate surface area is 176 Å². The van der Waals surface area contributed by atoms with E-state index in [-0.39, 0.29) is 22.2 Å². The van der Waals surface area contributed by atoms with Crippen LogP contribution in [0.1, 0.15) is 22.5 Å². The van der Waals surface area contributed by atoms with Crippen LogP contribution in [0.3, 0.4) is 0 Å². The van der Waals surface area contributed by atoms with E-state index in [1.54, 1.807) is 18.2 Å². The monoisotopic (exact) mass is 428 g/mol. The summed E-state index contributed by atoms with van der Waals surface area (Å²) in [6, 6.07) is 6.38. The van der Waals surface area contributed by atoms with E-state index in [1.165, 1.54) is 12.3 Å². The van der Waals surface area contributed by atoms with E-state index in [0.717, 1.165) is 12.6 Å². The zero-order valence-corrected chi connectivity index (χ0v) is 16.5. The first kappa shape index (κ1) is 18.9. The molecule has 0 bridgehead atoms. The number of pyridine rings is 1. The van der Waals surface area contributed by atoms with Crippen LogP contribution in [0.4, 0.5) is 15.8 Å². The molecule has 2 aliphatic heterocycles. The van der Waals surface area contributed by atoms with Crippen molar-refractivity contribution < 1.29 is 19.0 Å². The molecule has 2 aliphatic rings. The molecule has 1 saturated heterocycles. The number of carbonyl (C=O) groups excluding carboxylic acids is 1. The van der Waals surface area contributed by atoms with Crippen LogP contribution in [0.5, 0.6) is 5.75 Å². The first-order valence-electron chi connectivity index (χ1n) is 9.47. The van der Waals surface area contributed by atoms with Crippen molar-refractivity contribution in [3.05, 3.63) is 58.8 Å². The molecule has 0 radical (unpaired) electrons. The number of aromatic hydroxyl groups is 1. The minimum absolute atomic E-state index is 0.158. The Bertz CT molecular complexity index is 1160. The third kappa shape index (κ3) is 2.83. The number of amides is 1. The van der Waals surface area contributed by atoms with Crippen molar-refractivity contribution in [2.75, 3.05) is 25.1 Å². The van der Waals surface area contributed by atoms with Gasteiger partial charge in [0.1, 0.15) is 0 Å². The lowest BCUT2D eigenvalue weighted by atomic mass is 9.79. The highest BCUT2D eigenvalue weighted by molar-refractivity contribution is 6.32. The number of benzene rings is 1. The summed E-state index contributed by atoms with van der Waals surface area (Å²) in [5, 5.41) is 16.6. The molecule has 154 valence electrons. The Morgan fingerprint density at radius 3 is 2.97 bits per heavy atom. The van der Waals surface area contributed by atoms with Crippen LogP contribution in [0.15, 0.2) is 36.7 Å². The molecule has 1 aromatic carbocycles. The molecule has 1 spiro atoms. The lowest BCUT2D eigenvalue weighted by Gasteiger charge is -2.32. The zero-order chi connectivity index (χ0) is 20.9. The van der Waals surface area contributed by atoms with Crippen LogP contribution in [-0.4, -0.2) is 40.7 Å². The summed E-state index contributed by atoms with van der Waals surface area (Å²) in [4.78, 5) is 20.0. The summed E-state index contributed by atoms with van der Waals surface area (Å²) in [6.07, 6.45) is 3.32. The van der Waals surface area contributed by atoms with Crippen LogP contribution in [0, 0.1) is 5.82 Å². The predicted molar refractivity (Wildman–Crippen MR) is 110 cm³/mol. The third-order valence-electron chi connectivity index (χ3n) is 5.74. The molecule has 4 heterocycles. The molecule has 9 heteroatoms. The fraction of sp³-hybridized carbons (Fsp3) is 0.238. The Morgan fingerprint density at radius 1 is 1.33 bits per heavy atom. The number of nitrogens with one attached hydrogen (secondary N) is 3. The number of para-hydroxylation sites is 1. The van der Waals surface area contributed by atoms with Gasteiger partial charge >= 0.3 is 0 Å². The number of aromatic amines is 1. The van der Waals surface area contributed by atoms with Crippen molar-refractivity contribution in [3.63, 3.8) is 0 Å². The molecule has 5 rings (SSSR count). The summed E-state index contributed by atoms with van der Waals surface area (Å²) in [6.45, 7) is 1.45. The molecule has 0 saturated carbocycles. The van der Waals surface area contributed by atoms with Gasteiger partial charge in [-0.2, -0.15) is 0 Å². The van der Waals surface area contributed by atoms with Crippen molar-refractivity contribution in [3.8, 4) is 17.0 Å². The largest absolute Gasteiger partial charge is 0.504 e. The van der Waals surface area contributed by atoms with Crippen molar-refractivity contribution in [2.24, 2.45) is 0 Å². The van der Waals surface area contributed by atoms with Crippen molar-refractivity contribution in [1.82, 2.24) is 15.3 Å². The summed E-state index contributed by atoms with van der Waals surface area (Å²) < 4.78 is 20.3. The maximum atomic E-state index is 14.7. The van der Waals surface area contributed by atoms with Gasteiger partial charge in [-0.3, -0.25) is 9.78 Å². The van der Waals surface area contributed by atoms with Gasteiger partial charge in [0.05, 0.1) is 45.9 Å². The van der Waals surface area contributed by atoms with Crippen molar-refractivity contribution in [2.45, 2.75) is 11.8 Å². The number of phenolic OH excluding ortho intramolecular Hbond substituents is 1. The van der Waals surface area contributed by atoms with Crippen LogP contribution >= 0.6 is 11.6 Å². The number of anilines is 2. The normalized spacial score (nSPS) is 20.3. The second kappa shape index (κ2) is 7.00. The number of hydrogen-bond donors (Lipinski definition) is 4. The number of phenols is 1. The average Bonchev–Trinajstić information content (AvgIpc) is 3.36. The number of ether oxygens (including phenoxy) is 1. The van der Waals surface area contributed by atoms with E-state index < -0.39 is 11.2 Å². The predicted octanol–water partition coefficient (Wildman–Crippen LogP) is 3.72. The lowest BCUT2D eigenvalue weighted by molar-refractivity contribution is 0.0917. The Hall–Kier alpha value is -3.10. The van der Waals surface area contributed by atoms with Gasteiger partial charge in [-0.25, -0.2) is 4.39 Å². The van der Waals surface area contributed by atoms with E-state index in [1.807, 2.05) is 0 Å². The first-order valence-corrected chi connectivity index (χ1v) is 9.85. The van der Waals surface area contributed by atoms with Gasteiger partial charge in [-0.1, -0.05) is 17.7 Å². The van der Waals surface area contributed by atoms with Gasteiger partial charge in [-0.05, 0) is 24.6 Å². The quantitative estimate of drug-likeness (QED) is 0.476. The van der Waals surface area contributed by atoms with E-state index in [2.05, 4.69) is 20.6 Å². The van der Waals surface area contributed by atoms with E-state index in [9.17, 15) is 14.3 Å². The van der Waals surface area contributed by atoms with Crippen LogP contribution in [0.2, 0.25) is 5.02 Å². The molecular formula is C21H18ClFN4O3. The fourth-order valence-electron chi connectivity index (χ4n) is 4.15. The molecule has 0 unspecified atom stereocenters. The number of H-pyrrole nitrogens is 1. The number of carbonyl (C=O) groups is 1. The Morgan fingerprint density at radius 2 is 2.20 bits per heavy atom. The van der Waals surface area contributed by atoms with Crippen molar-refractivity contribution >= 4 is 28.9 Å². The standard InChI is InChI=1S/C21H18ClFN4O3/c22-12-2-1-3-14(18(12)28)26-17-15-19(21(5-7-30-10-21)9-25-20(15)29)27-16(17)11-4-6-24-8-13(11)23/h1-4,6,8,26-28H,5,7,9-10H2,(H,25,29)/t21-/m0/s1. The number of fused-ring (bicyclic) bond motifs is 2. The molecule has 30 heavy (non-hydrogen) atoms. The van der Waals surface area contributed by atoms with E-state index in [0.29, 0.717) is 48.1 Å². The topological polar surface area (TPSA) is 99.3 Å². The molecule has 1 atom stereocenters. The average molecular weight is 429 g/mol. The molecule has 3 aromatic rings. The molecule has 2 aromatic heterocycles. The lowest BCUT2D eigenvalue weighted by Crippen LogP contribution is -2.47. The van der Waals surface area contributed by atoms with Gasteiger partial charge in [-0.15, -0.1) is 0 Å². The minimum Gasteiger partial charge on any atom is -0.504 e. The second-order valence-electron chi connectivity index (χ2n) is 7.51. The van der Waals surface area contributed by atoms with E-state index in [4.69, 9.17) is 16.3 Å². The molecule has 4 N–H and O–H groups in total. The zero-order valence-electron chi connectivity index (χ0n) is 15.8. The maximum absolute atomic E-state index is 14.7. The van der Waals surface area contributed by atoms with Crippen LogP contribution < -0.4 is 10.6 Å². The second-order valence-corrected chi connectivity index (χ2v) is 7.91. The Balaban J connectivity index is 1.75. The first-order chi connectivity index (χ1) is 14.5. The minimum atomic E-state index is -0.536. The fourth-order valence-corrected chi connectivity index (χ4v) is 4.33. The summed E-state index contributed by atoms with van der Waals surface area (Å²) >= 11 is 6.04. The molecular weight excluding hydrogens is 411 g/mol. The van der Waals surface area contributed by atoms with E-state index >= 15 is 0 Å². The number of hydrogen-bond acceptors (Lipinski definition) is 5.